The Hall–Kier alpha value is -2.50. The zero-order valence-corrected chi connectivity index (χ0v) is 14.4. The number of carbonyl (C=O) groups excluding carboxylic acids is 2. The van der Waals surface area contributed by atoms with E-state index in [0.29, 0.717) is 43.0 Å². The van der Waals surface area contributed by atoms with Crippen molar-refractivity contribution in [1.29, 1.82) is 0 Å². The maximum Gasteiger partial charge on any atom is 0.414 e. The number of piperidine rings is 1. The van der Waals surface area contributed by atoms with Gasteiger partial charge in [-0.2, -0.15) is 0 Å². The topological polar surface area (TPSA) is 59.1 Å². The molecule has 0 atom stereocenters. The number of ether oxygens (including phenoxy) is 2. The van der Waals surface area contributed by atoms with Crippen LogP contribution in [0.25, 0.3) is 0 Å². The van der Waals surface area contributed by atoms with Crippen LogP contribution >= 0.6 is 0 Å². The molecule has 0 aromatic heterocycles. The number of anilines is 1. The van der Waals surface area contributed by atoms with Crippen molar-refractivity contribution in [3.8, 4) is 5.75 Å². The molecule has 24 heavy (non-hydrogen) atoms. The largest absolute Gasteiger partial charge is 0.489 e. The minimum atomic E-state index is -0.371. The van der Waals surface area contributed by atoms with Gasteiger partial charge >= 0.3 is 6.09 Å². The van der Waals surface area contributed by atoms with Crippen molar-refractivity contribution in [2.24, 2.45) is 0 Å². The Kier molecular flexibility index (Phi) is 5.84. The summed E-state index contributed by atoms with van der Waals surface area (Å²) in [5.74, 6) is 0.966. The number of likely N-dealkylation sites (tertiary alicyclic amines) is 1. The van der Waals surface area contributed by atoms with E-state index < -0.39 is 0 Å². The molecule has 0 unspecified atom stereocenters. The molecule has 6 heteroatoms. The first-order valence-electron chi connectivity index (χ1n) is 7.96. The monoisotopic (exact) mass is 332 g/mol. The summed E-state index contributed by atoms with van der Waals surface area (Å²) in [4.78, 5) is 26.7. The van der Waals surface area contributed by atoms with Crippen LogP contribution in [0.5, 0.6) is 5.75 Å². The third-order valence-corrected chi connectivity index (χ3v) is 3.90. The summed E-state index contributed by atoms with van der Waals surface area (Å²) in [7, 11) is 3.87. The van der Waals surface area contributed by atoms with Crippen LogP contribution in [0.2, 0.25) is 0 Å². The molecule has 1 fully saturated rings. The third-order valence-electron chi connectivity index (χ3n) is 3.90. The van der Waals surface area contributed by atoms with Gasteiger partial charge in [0.1, 0.15) is 11.9 Å². The highest BCUT2D eigenvalue weighted by molar-refractivity contribution is 5.80. The smallest absolute Gasteiger partial charge is 0.414 e. The SMILES string of the molecule is C=C(C)OC(=O)N1CCC(Oc2cc(N(C)C)ccc2C=O)CC1. The molecule has 1 amide bonds. The van der Waals surface area contributed by atoms with Crippen molar-refractivity contribution >= 4 is 18.1 Å². The van der Waals surface area contributed by atoms with Crippen LogP contribution in [-0.2, 0) is 4.74 Å². The first-order valence-corrected chi connectivity index (χ1v) is 7.96. The Bertz CT molecular complexity index is 619. The molecule has 0 aliphatic carbocycles. The van der Waals surface area contributed by atoms with E-state index in [1.165, 1.54) is 0 Å². The molecule has 0 bridgehead atoms. The molecule has 1 aromatic rings. The third kappa shape index (κ3) is 4.50. The number of carbonyl (C=O) groups is 2. The molecule has 0 saturated carbocycles. The Morgan fingerprint density at radius 3 is 2.54 bits per heavy atom. The summed E-state index contributed by atoms with van der Waals surface area (Å²) < 4.78 is 11.0. The van der Waals surface area contributed by atoms with Crippen LogP contribution in [0.1, 0.15) is 30.1 Å². The number of hydrogen-bond acceptors (Lipinski definition) is 5. The second-order valence-corrected chi connectivity index (χ2v) is 6.11. The number of benzene rings is 1. The summed E-state index contributed by atoms with van der Waals surface area (Å²) in [6.45, 7) is 6.33. The highest BCUT2D eigenvalue weighted by atomic mass is 16.6. The summed E-state index contributed by atoms with van der Waals surface area (Å²) in [6.07, 6.45) is 1.78. The second kappa shape index (κ2) is 7.86. The van der Waals surface area contributed by atoms with Crippen LogP contribution in [0.3, 0.4) is 0 Å². The van der Waals surface area contributed by atoms with Gasteiger partial charge in [-0.05, 0) is 19.1 Å². The highest BCUT2D eigenvalue weighted by Crippen LogP contribution is 2.27. The Labute approximate surface area is 142 Å². The van der Waals surface area contributed by atoms with Crippen LogP contribution in [0, 0.1) is 0 Å². The van der Waals surface area contributed by atoms with Gasteiger partial charge in [-0.3, -0.25) is 4.79 Å². The average molecular weight is 332 g/mol. The van der Waals surface area contributed by atoms with Gasteiger partial charge in [-0.25, -0.2) is 4.79 Å². The van der Waals surface area contributed by atoms with Gasteiger partial charge in [0.05, 0.1) is 11.3 Å². The van der Waals surface area contributed by atoms with E-state index in [1.54, 1.807) is 17.9 Å². The van der Waals surface area contributed by atoms with Crippen molar-refractivity contribution in [3.63, 3.8) is 0 Å². The first-order chi connectivity index (χ1) is 11.4. The minimum absolute atomic E-state index is 0.0324. The van der Waals surface area contributed by atoms with Gasteiger partial charge in [-0.15, -0.1) is 0 Å². The summed E-state index contributed by atoms with van der Waals surface area (Å²) >= 11 is 0. The molecule has 1 saturated heterocycles. The molecule has 0 radical (unpaired) electrons. The van der Waals surface area contributed by atoms with E-state index in [-0.39, 0.29) is 12.2 Å². The number of hydrogen-bond donors (Lipinski definition) is 0. The number of nitrogens with zero attached hydrogens (tertiary/aromatic N) is 2. The lowest BCUT2D eigenvalue weighted by Crippen LogP contribution is -2.41. The second-order valence-electron chi connectivity index (χ2n) is 6.11. The van der Waals surface area contributed by atoms with Gasteiger partial charge in [0.25, 0.3) is 0 Å². The molecule has 1 heterocycles. The van der Waals surface area contributed by atoms with Gasteiger partial charge in [0.2, 0.25) is 0 Å². The summed E-state index contributed by atoms with van der Waals surface area (Å²) in [5.41, 5.74) is 1.50. The van der Waals surface area contributed by atoms with Crippen LogP contribution < -0.4 is 9.64 Å². The van der Waals surface area contributed by atoms with Crippen molar-refractivity contribution in [1.82, 2.24) is 4.90 Å². The van der Waals surface area contributed by atoms with Gasteiger partial charge in [0.15, 0.2) is 6.29 Å². The lowest BCUT2D eigenvalue weighted by Gasteiger charge is -2.31. The molecular weight excluding hydrogens is 308 g/mol. The molecular formula is C18H24N2O4. The predicted octanol–water partition coefficient (Wildman–Crippen LogP) is 3.08. The fourth-order valence-corrected chi connectivity index (χ4v) is 2.55. The van der Waals surface area contributed by atoms with E-state index in [9.17, 15) is 9.59 Å². The number of aldehydes is 1. The van der Waals surface area contributed by atoms with Gasteiger partial charge < -0.3 is 19.3 Å². The molecule has 0 N–H and O–H groups in total. The highest BCUT2D eigenvalue weighted by Gasteiger charge is 2.25. The molecule has 2 rings (SSSR count). The Balaban J connectivity index is 1.98. The normalized spacial score (nSPS) is 14.9. The fraction of sp³-hybridized carbons (Fsp3) is 0.444. The van der Waals surface area contributed by atoms with E-state index >= 15 is 0 Å². The van der Waals surface area contributed by atoms with Crippen LogP contribution in [0.4, 0.5) is 10.5 Å². The Morgan fingerprint density at radius 1 is 1.33 bits per heavy atom. The van der Waals surface area contributed by atoms with Crippen LogP contribution in [0.15, 0.2) is 30.5 Å². The number of allylic oxidation sites excluding steroid dienone is 1. The van der Waals surface area contributed by atoms with E-state index in [1.807, 2.05) is 31.1 Å². The molecule has 1 aliphatic heterocycles. The molecule has 6 nitrogen and oxygen atoms in total. The molecule has 0 spiro atoms. The van der Waals surface area contributed by atoms with Crippen LogP contribution in [-0.4, -0.2) is 50.6 Å². The van der Waals surface area contributed by atoms with Crippen molar-refractivity contribution in [2.75, 3.05) is 32.1 Å². The van der Waals surface area contributed by atoms with E-state index in [2.05, 4.69) is 6.58 Å². The zero-order chi connectivity index (χ0) is 17.7. The summed E-state index contributed by atoms with van der Waals surface area (Å²) in [5, 5.41) is 0. The van der Waals surface area contributed by atoms with Crippen molar-refractivity contribution < 1.29 is 19.1 Å². The fourth-order valence-electron chi connectivity index (χ4n) is 2.55. The maximum atomic E-state index is 11.8. The van der Waals surface area contributed by atoms with Crippen molar-refractivity contribution in [2.45, 2.75) is 25.9 Å². The Morgan fingerprint density at radius 2 is 2.00 bits per heavy atom. The number of rotatable bonds is 5. The first kappa shape index (κ1) is 17.8. The predicted molar refractivity (Wildman–Crippen MR) is 92.7 cm³/mol. The minimum Gasteiger partial charge on any atom is -0.489 e. The standard InChI is InChI=1S/C18H24N2O4/c1-13(2)23-18(22)20-9-7-16(8-10-20)24-17-11-15(19(3)4)6-5-14(17)12-21/h5-6,11-12,16H,1,7-10H2,2-4H3. The molecule has 130 valence electrons. The zero-order valence-electron chi connectivity index (χ0n) is 14.4. The lowest BCUT2D eigenvalue weighted by molar-refractivity contribution is 0.0815. The van der Waals surface area contributed by atoms with Crippen molar-refractivity contribution in [3.05, 3.63) is 36.1 Å². The number of amides is 1. The average Bonchev–Trinajstić information content (AvgIpc) is 2.54. The molecule has 1 aliphatic rings. The van der Waals surface area contributed by atoms with E-state index in [4.69, 9.17) is 9.47 Å². The quantitative estimate of drug-likeness (QED) is 0.612. The molecule has 1 aromatic carbocycles. The van der Waals surface area contributed by atoms with E-state index in [0.717, 1.165) is 12.0 Å². The van der Waals surface area contributed by atoms with Gasteiger partial charge in [0, 0.05) is 51.8 Å². The van der Waals surface area contributed by atoms with Gasteiger partial charge in [-0.1, -0.05) is 6.58 Å². The maximum absolute atomic E-state index is 11.8. The summed E-state index contributed by atoms with van der Waals surface area (Å²) in [6, 6.07) is 5.51. The lowest BCUT2D eigenvalue weighted by atomic mass is 10.1.